The van der Waals surface area contributed by atoms with E-state index in [0.29, 0.717) is 0 Å². The summed E-state index contributed by atoms with van der Waals surface area (Å²) < 4.78 is 0. The summed E-state index contributed by atoms with van der Waals surface area (Å²) in [7, 11) is 0. The van der Waals surface area contributed by atoms with Crippen LogP contribution in [0.4, 0.5) is 0 Å². The maximum Gasteiger partial charge on any atom is 3.00 e. The maximum absolute atomic E-state index is 0. The van der Waals surface area contributed by atoms with Crippen LogP contribution in [-0.4, -0.2) is 91.0 Å². The maximum atomic E-state index is 0. The summed E-state index contributed by atoms with van der Waals surface area (Å²) in [6, 6.07) is 0. The molecule has 5 nitrogen and oxygen atoms in total. The zero-order valence-electron chi connectivity index (χ0n) is 4.27. The van der Waals surface area contributed by atoms with Gasteiger partial charge >= 0.3 is 126 Å². The topological polar surface area (TPSA) is 142 Å². The second kappa shape index (κ2) is 94.7. The van der Waals surface area contributed by atoms with Gasteiger partial charge in [0.15, 0.2) is 0 Å². The molecule has 0 rings (SSSR count). The molecule has 0 aromatic heterocycles. The van der Waals surface area contributed by atoms with Crippen LogP contribution >= 0.6 is 0 Å². The molecule has 0 aliphatic rings. The van der Waals surface area contributed by atoms with Gasteiger partial charge < -0.3 is 27.4 Å². The van der Waals surface area contributed by atoms with Crippen molar-refractivity contribution in [2.45, 2.75) is 0 Å². The van der Waals surface area contributed by atoms with E-state index in [1.54, 1.807) is 0 Å². The van der Waals surface area contributed by atoms with E-state index in [4.69, 9.17) is 0 Å². The van der Waals surface area contributed by atoms with Crippen molar-refractivity contribution < 1.29 is 62.1 Å². The summed E-state index contributed by atoms with van der Waals surface area (Å²) in [6.07, 6.45) is 0. The molecule has 0 spiro atoms. The van der Waals surface area contributed by atoms with Gasteiger partial charge in [-0.25, -0.2) is 0 Å². The molecule has 0 saturated heterocycles. The van der Waals surface area contributed by atoms with Crippen molar-refractivity contribution in [2.24, 2.45) is 0 Å². The van der Waals surface area contributed by atoms with Crippen molar-refractivity contribution in [3.05, 3.63) is 0 Å². The first-order valence-electron chi connectivity index (χ1n) is 0. The van der Waals surface area contributed by atoms with Crippen molar-refractivity contribution in [2.75, 3.05) is 0 Å². The summed E-state index contributed by atoms with van der Waals surface area (Å²) in [5.74, 6) is 0. The van der Waals surface area contributed by atoms with Crippen LogP contribution in [-0.2, 0) is 62.1 Å². The quantitative estimate of drug-likeness (QED) is 0.471. The molecule has 2 radical (unpaired) electrons. The Balaban J connectivity index is 0. The monoisotopic (exact) mass is 360 g/mol. The first-order valence-corrected chi connectivity index (χ1v) is 0. The van der Waals surface area contributed by atoms with Gasteiger partial charge in [-0.3, -0.25) is 0 Å². The molecule has 46 valence electrons. The Hall–Kier alpha value is 3.83. The standard InChI is InChI=1S/2Cr.5O.2Sr/q2*+3;5*-2;2*+2. The summed E-state index contributed by atoms with van der Waals surface area (Å²) in [5, 5.41) is 0. The minimum atomic E-state index is 0. The van der Waals surface area contributed by atoms with E-state index in [0.717, 1.165) is 0 Å². The minimum Gasteiger partial charge on any atom is -2.00 e. The third-order valence-electron chi connectivity index (χ3n) is 0. The van der Waals surface area contributed by atoms with Crippen molar-refractivity contribution in [1.29, 1.82) is 0 Å². The van der Waals surface area contributed by atoms with E-state index < -0.39 is 0 Å². The first kappa shape index (κ1) is 123. The molecule has 0 atom stereocenters. The molecule has 0 unspecified atom stereocenters. The van der Waals surface area contributed by atoms with Gasteiger partial charge in [-0.05, 0) is 0 Å². The molecule has 0 heterocycles. The van der Waals surface area contributed by atoms with Crippen LogP contribution in [0.25, 0.3) is 0 Å². The van der Waals surface area contributed by atoms with Crippen molar-refractivity contribution in [1.82, 2.24) is 0 Å². The van der Waals surface area contributed by atoms with Gasteiger partial charge in [0.05, 0.1) is 0 Å². The fourth-order valence-electron chi connectivity index (χ4n) is 0. The molecule has 0 aliphatic heterocycles. The average molecular weight is 359 g/mol. The molecule has 9 heavy (non-hydrogen) atoms. The first-order chi connectivity index (χ1) is 0. The molecular weight excluding hydrogens is 359 g/mol. The third-order valence-corrected chi connectivity index (χ3v) is 0. The van der Waals surface area contributed by atoms with Crippen LogP contribution in [0, 0.1) is 0 Å². The summed E-state index contributed by atoms with van der Waals surface area (Å²) in [6.45, 7) is 0. The predicted octanol–water partition coefficient (Wildman–Crippen LogP) is -1.36. The van der Waals surface area contributed by atoms with Crippen LogP contribution in [0.15, 0.2) is 0 Å². The van der Waals surface area contributed by atoms with Crippen molar-refractivity contribution >= 4 is 91.0 Å². The summed E-state index contributed by atoms with van der Waals surface area (Å²) in [5.41, 5.74) is 0. The fourth-order valence-corrected chi connectivity index (χ4v) is 0. The molecule has 0 aromatic carbocycles. The molecule has 0 saturated carbocycles. The van der Waals surface area contributed by atoms with Crippen LogP contribution in [0.5, 0.6) is 0 Å². The van der Waals surface area contributed by atoms with Gasteiger partial charge in [0, 0.05) is 0 Å². The molecule has 0 aromatic rings. The number of rotatable bonds is 0. The third kappa shape index (κ3) is 78.0. The van der Waals surface area contributed by atoms with Crippen LogP contribution in [0.3, 0.4) is 0 Å². The molecule has 0 bridgehead atoms. The Morgan fingerprint density at radius 3 is 0.333 bits per heavy atom. The Labute approximate surface area is 149 Å². The second-order valence-electron chi connectivity index (χ2n) is 0. The zero-order valence-corrected chi connectivity index (χ0v) is 13.8. The Kier molecular flexibility index (Phi) is 1290. The molecule has 0 aliphatic carbocycles. The van der Waals surface area contributed by atoms with Gasteiger partial charge in [-0.2, -0.15) is 0 Å². The molecule has 0 N–H and O–H groups in total. The van der Waals surface area contributed by atoms with Gasteiger partial charge in [0.25, 0.3) is 0 Å². The predicted molar refractivity (Wildman–Crippen MR) is 14.9 cm³/mol. The van der Waals surface area contributed by atoms with Crippen molar-refractivity contribution in [3.8, 4) is 0 Å². The Morgan fingerprint density at radius 2 is 0.333 bits per heavy atom. The van der Waals surface area contributed by atoms with Gasteiger partial charge in [-0.15, -0.1) is 0 Å². The fraction of sp³-hybridized carbons (Fsp3) is 0. The molecule has 9 heteroatoms. The van der Waals surface area contributed by atoms with E-state index in [1.807, 2.05) is 0 Å². The van der Waals surface area contributed by atoms with E-state index in [9.17, 15) is 0 Å². The normalized spacial score (nSPS) is 0. The van der Waals surface area contributed by atoms with Gasteiger partial charge in [-0.1, -0.05) is 0 Å². The Bertz CT molecular complexity index is 12.9. The summed E-state index contributed by atoms with van der Waals surface area (Å²) in [4.78, 5) is 0. The van der Waals surface area contributed by atoms with Crippen LogP contribution in [0.2, 0.25) is 0 Å². The molecule has 0 amide bonds. The van der Waals surface area contributed by atoms with E-state index >= 15 is 0 Å². The SMILES string of the molecule is [Cr+3].[Cr+3].[O-2].[O-2].[O-2].[O-2].[O-2].[Sr+2].[Sr+2]. The average Bonchev–Trinajstić information content (AvgIpc) is 0. The number of hydrogen-bond acceptors (Lipinski definition) is 0. The van der Waals surface area contributed by atoms with Gasteiger partial charge in [0.1, 0.15) is 0 Å². The van der Waals surface area contributed by atoms with E-state index in [-0.39, 0.29) is 153 Å². The van der Waals surface area contributed by atoms with Gasteiger partial charge in [0.2, 0.25) is 0 Å². The van der Waals surface area contributed by atoms with Crippen molar-refractivity contribution in [3.63, 3.8) is 0 Å². The van der Waals surface area contributed by atoms with Crippen LogP contribution < -0.4 is 0 Å². The van der Waals surface area contributed by atoms with E-state index in [1.165, 1.54) is 0 Å². The Morgan fingerprint density at radius 1 is 0.333 bits per heavy atom. The molecule has 0 fully saturated rings. The minimum absolute atomic E-state index is 0. The zero-order chi connectivity index (χ0) is 0. The largest absolute Gasteiger partial charge is 3.00 e. The molecular formula is Cr2O5Sr2. The smallest absolute Gasteiger partial charge is 2.00 e. The van der Waals surface area contributed by atoms with Crippen LogP contribution in [0.1, 0.15) is 0 Å². The summed E-state index contributed by atoms with van der Waals surface area (Å²) >= 11 is 0. The van der Waals surface area contributed by atoms with E-state index in [2.05, 4.69) is 0 Å². The number of hydrogen-bond donors (Lipinski definition) is 0. The second-order valence-corrected chi connectivity index (χ2v) is 0.